The van der Waals surface area contributed by atoms with E-state index in [1.54, 1.807) is 6.20 Å². The molecular formula is C15H12ClN3. The molecule has 94 valence electrons. The second-order valence-electron chi connectivity index (χ2n) is 4.33. The zero-order chi connectivity index (χ0) is 13.2. The highest BCUT2D eigenvalue weighted by Crippen LogP contribution is 2.15. The topological polar surface area (TPSA) is 41.6 Å². The smallest absolute Gasteiger partial charge is 0.178 e. The predicted molar refractivity (Wildman–Crippen MR) is 79.0 cm³/mol. The Labute approximate surface area is 116 Å². The maximum absolute atomic E-state index is 5.85. The molecule has 3 rings (SSSR count). The van der Waals surface area contributed by atoms with Gasteiger partial charge in [-0.25, -0.2) is 9.97 Å². The molecule has 0 bridgehead atoms. The van der Waals surface area contributed by atoms with Crippen LogP contribution in [-0.4, -0.2) is 15.0 Å². The van der Waals surface area contributed by atoms with Crippen molar-refractivity contribution < 1.29 is 0 Å². The Kier molecular flexibility index (Phi) is 3.05. The van der Waals surface area contributed by atoms with Crippen molar-refractivity contribution in [2.24, 2.45) is 0 Å². The first-order chi connectivity index (χ1) is 9.22. The first kappa shape index (κ1) is 11.9. The number of fused-ring (bicyclic) bond motifs is 1. The summed E-state index contributed by atoms with van der Waals surface area (Å²) in [6.45, 7) is 2.04. The van der Waals surface area contributed by atoms with Gasteiger partial charge < -0.3 is 4.98 Å². The molecule has 0 radical (unpaired) electrons. The van der Waals surface area contributed by atoms with Crippen molar-refractivity contribution in [3.63, 3.8) is 0 Å². The normalized spacial score (nSPS) is 11.5. The van der Waals surface area contributed by atoms with Crippen molar-refractivity contribution >= 4 is 34.9 Å². The van der Waals surface area contributed by atoms with E-state index in [1.165, 1.54) is 0 Å². The van der Waals surface area contributed by atoms with Crippen LogP contribution in [0.15, 0.2) is 36.5 Å². The van der Waals surface area contributed by atoms with Crippen molar-refractivity contribution in [3.8, 4) is 0 Å². The van der Waals surface area contributed by atoms with Gasteiger partial charge in [0, 0.05) is 11.2 Å². The van der Waals surface area contributed by atoms with Gasteiger partial charge in [-0.3, -0.25) is 0 Å². The predicted octanol–water partition coefficient (Wildman–Crippen LogP) is 4.09. The van der Waals surface area contributed by atoms with Gasteiger partial charge in [0.25, 0.3) is 0 Å². The van der Waals surface area contributed by atoms with E-state index < -0.39 is 0 Å². The summed E-state index contributed by atoms with van der Waals surface area (Å²) < 4.78 is 0. The summed E-state index contributed by atoms with van der Waals surface area (Å²) in [5.74, 6) is 0.798. The molecule has 19 heavy (non-hydrogen) atoms. The third-order valence-corrected chi connectivity index (χ3v) is 3.17. The van der Waals surface area contributed by atoms with Crippen molar-refractivity contribution in [2.75, 3.05) is 0 Å². The van der Waals surface area contributed by atoms with Crippen molar-refractivity contribution in [3.05, 3.63) is 58.5 Å². The number of halogens is 1. The van der Waals surface area contributed by atoms with E-state index >= 15 is 0 Å². The highest BCUT2D eigenvalue weighted by atomic mass is 35.5. The molecule has 0 saturated heterocycles. The fourth-order valence-electron chi connectivity index (χ4n) is 1.88. The highest BCUT2D eigenvalue weighted by Gasteiger charge is 2.02. The Morgan fingerprint density at radius 3 is 2.63 bits per heavy atom. The molecule has 3 nitrogen and oxygen atoms in total. The minimum Gasteiger partial charge on any atom is -0.337 e. The number of aryl methyl sites for hydroxylation is 1. The van der Waals surface area contributed by atoms with Crippen LogP contribution in [0.3, 0.4) is 0 Å². The lowest BCUT2D eigenvalue weighted by Crippen LogP contribution is -1.78. The average molecular weight is 270 g/mol. The Morgan fingerprint density at radius 1 is 1.11 bits per heavy atom. The van der Waals surface area contributed by atoms with E-state index in [0.29, 0.717) is 0 Å². The fourth-order valence-corrected chi connectivity index (χ4v) is 2.01. The first-order valence-electron chi connectivity index (χ1n) is 5.97. The summed E-state index contributed by atoms with van der Waals surface area (Å²) in [6.07, 6.45) is 5.69. The van der Waals surface area contributed by atoms with Crippen LogP contribution in [0.1, 0.15) is 17.0 Å². The Bertz CT molecular complexity index is 742. The van der Waals surface area contributed by atoms with Crippen LogP contribution in [0.2, 0.25) is 5.02 Å². The number of hydrogen-bond acceptors (Lipinski definition) is 2. The summed E-state index contributed by atoms with van der Waals surface area (Å²) in [6, 6.07) is 9.63. The van der Waals surface area contributed by atoms with Crippen LogP contribution in [0.4, 0.5) is 0 Å². The molecule has 0 atom stereocenters. The number of aromatic amines is 1. The molecule has 0 unspecified atom stereocenters. The van der Waals surface area contributed by atoms with Crippen LogP contribution in [0.25, 0.3) is 23.3 Å². The van der Waals surface area contributed by atoms with E-state index in [1.807, 2.05) is 49.4 Å². The monoisotopic (exact) mass is 269 g/mol. The van der Waals surface area contributed by atoms with Crippen LogP contribution >= 0.6 is 11.6 Å². The van der Waals surface area contributed by atoms with Crippen molar-refractivity contribution in [2.45, 2.75) is 6.92 Å². The van der Waals surface area contributed by atoms with E-state index in [2.05, 4.69) is 15.0 Å². The second-order valence-corrected chi connectivity index (χ2v) is 4.77. The molecule has 0 saturated carbocycles. The average Bonchev–Trinajstić information content (AvgIpc) is 2.83. The third kappa shape index (κ3) is 2.51. The summed E-state index contributed by atoms with van der Waals surface area (Å²) in [7, 11) is 0. The number of imidazole rings is 1. The molecule has 0 amide bonds. The number of aromatic nitrogens is 3. The van der Waals surface area contributed by atoms with Gasteiger partial charge in [0.05, 0.1) is 5.52 Å². The van der Waals surface area contributed by atoms with Gasteiger partial charge in [0.2, 0.25) is 0 Å². The summed E-state index contributed by atoms with van der Waals surface area (Å²) >= 11 is 5.85. The van der Waals surface area contributed by atoms with Gasteiger partial charge in [-0.05, 0) is 42.3 Å². The molecule has 2 heterocycles. The number of nitrogens with one attached hydrogen (secondary N) is 1. The standard InChI is InChI=1S/C15H12ClN3/c1-10-8-9-17-15-14(10)18-13(19-15)7-4-11-2-5-12(16)6-3-11/h2-9H,1H3,(H,17,18,19)/b7-4+. The summed E-state index contributed by atoms with van der Waals surface area (Å²) in [4.78, 5) is 11.9. The van der Waals surface area contributed by atoms with Gasteiger partial charge in [-0.1, -0.05) is 29.8 Å². The maximum Gasteiger partial charge on any atom is 0.178 e. The number of pyridine rings is 1. The minimum atomic E-state index is 0.737. The Balaban J connectivity index is 1.93. The number of rotatable bonds is 2. The van der Waals surface area contributed by atoms with Crippen LogP contribution < -0.4 is 0 Å². The lowest BCUT2D eigenvalue weighted by Gasteiger charge is -1.92. The molecule has 0 aliphatic carbocycles. The van der Waals surface area contributed by atoms with E-state index in [-0.39, 0.29) is 0 Å². The van der Waals surface area contributed by atoms with Crippen LogP contribution in [0.5, 0.6) is 0 Å². The van der Waals surface area contributed by atoms with Crippen LogP contribution in [-0.2, 0) is 0 Å². The van der Waals surface area contributed by atoms with Gasteiger partial charge in [-0.15, -0.1) is 0 Å². The number of benzene rings is 1. The van der Waals surface area contributed by atoms with Crippen LogP contribution in [0, 0.1) is 6.92 Å². The number of hydrogen-bond donors (Lipinski definition) is 1. The molecule has 4 heteroatoms. The SMILES string of the molecule is Cc1ccnc2nc(/C=C/c3ccc(Cl)cc3)[nH]c12. The lowest BCUT2D eigenvalue weighted by atomic mass is 10.2. The van der Waals surface area contributed by atoms with Crippen molar-refractivity contribution in [1.82, 2.24) is 15.0 Å². The zero-order valence-corrected chi connectivity index (χ0v) is 11.1. The van der Waals surface area contributed by atoms with E-state index in [0.717, 1.165) is 33.1 Å². The van der Waals surface area contributed by atoms with E-state index in [4.69, 9.17) is 11.6 Å². The summed E-state index contributed by atoms with van der Waals surface area (Å²) in [5.41, 5.74) is 3.95. The molecule has 1 aromatic carbocycles. The number of nitrogens with zero attached hydrogens (tertiary/aromatic N) is 2. The molecule has 0 spiro atoms. The number of H-pyrrole nitrogens is 1. The molecule has 0 aliphatic heterocycles. The molecule has 0 aliphatic rings. The van der Waals surface area contributed by atoms with Gasteiger partial charge >= 0.3 is 0 Å². The third-order valence-electron chi connectivity index (χ3n) is 2.92. The molecule has 1 N–H and O–H groups in total. The largest absolute Gasteiger partial charge is 0.337 e. The summed E-state index contributed by atoms with van der Waals surface area (Å²) in [5, 5.41) is 0.737. The molecular weight excluding hydrogens is 258 g/mol. The second kappa shape index (κ2) is 4.86. The Morgan fingerprint density at radius 2 is 1.89 bits per heavy atom. The fraction of sp³-hybridized carbons (Fsp3) is 0.0667. The minimum absolute atomic E-state index is 0.737. The highest BCUT2D eigenvalue weighted by molar-refractivity contribution is 6.30. The molecule has 2 aromatic heterocycles. The van der Waals surface area contributed by atoms with Crippen molar-refractivity contribution in [1.29, 1.82) is 0 Å². The zero-order valence-electron chi connectivity index (χ0n) is 10.4. The first-order valence-corrected chi connectivity index (χ1v) is 6.35. The van der Waals surface area contributed by atoms with Gasteiger partial charge in [0.15, 0.2) is 5.65 Å². The van der Waals surface area contributed by atoms with E-state index in [9.17, 15) is 0 Å². The maximum atomic E-state index is 5.85. The molecule has 0 fully saturated rings. The quantitative estimate of drug-likeness (QED) is 0.761. The van der Waals surface area contributed by atoms with Gasteiger partial charge in [-0.2, -0.15) is 0 Å². The Hall–Kier alpha value is -2.13. The lowest BCUT2D eigenvalue weighted by molar-refractivity contribution is 1.27. The van der Waals surface area contributed by atoms with Gasteiger partial charge in [0.1, 0.15) is 5.82 Å². The molecule has 3 aromatic rings.